The van der Waals surface area contributed by atoms with E-state index in [0.29, 0.717) is 38.0 Å². The van der Waals surface area contributed by atoms with Gasteiger partial charge in [-0.15, -0.1) is 0 Å². The minimum Gasteiger partial charge on any atom is -0.381 e. The summed E-state index contributed by atoms with van der Waals surface area (Å²) in [5.41, 5.74) is -0.835. The van der Waals surface area contributed by atoms with E-state index in [0.717, 1.165) is 12.3 Å². The molecular formula is C16H24N2O2. The molecule has 1 aliphatic heterocycles. The van der Waals surface area contributed by atoms with Crippen molar-refractivity contribution in [3.63, 3.8) is 0 Å². The molecule has 3 rings (SSSR count). The molecule has 0 spiro atoms. The topological polar surface area (TPSA) is 62.1 Å². The fourth-order valence-electron chi connectivity index (χ4n) is 3.88. The second kappa shape index (κ2) is 5.73. The first-order valence-corrected chi connectivity index (χ1v) is 8.05. The largest absolute Gasteiger partial charge is 0.381 e. The lowest BCUT2D eigenvalue weighted by molar-refractivity contribution is -0.132. The summed E-state index contributed by atoms with van der Waals surface area (Å²) in [6, 6.07) is 2.58. The quantitative estimate of drug-likeness (QED) is 0.861. The maximum Gasteiger partial charge on any atom is 0.240 e. The van der Waals surface area contributed by atoms with Crippen molar-refractivity contribution in [3.8, 4) is 6.07 Å². The van der Waals surface area contributed by atoms with Gasteiger partial charge >= 0.3 is 0 Å². The Hall–Kier alpha value is -1.08. The third-order valence-electron chi connectivity index (χ3n) is 5.41. The number of rotatable bonds is 3. The van der Waals surface area contributed by atoms with Crippen LogP contribution in [0.3, 0.4) is 0 Å². The zero-order valence-electron chi connectivity index (χ0n) is 12.1. The summed E-state index contributed by atoms with van der Waals surface area (Å²) in [7, 11) is 0. The van der Waals surface area contributed by atoms with Crippen molar-refractivity contribution in [1.29, 1.82) is 5.26 Å². The molecule has 1 amide bonds. The zero-order chi connectivity index (χ0) is 14.0. The van der Waals surface area contributed by atoms with Gasteiger partial charge in [0, 0.05) is 19.3 Å². The molecule has 0 aromatic rings. The first-order chi connectivity index (χ1) is 9.75. The van der Waals surface area contributed by atoms with Gasteiger partial charge in [0.05, 0.1) is 6.07 Å². The summed E-state index contributed by atoms with van der Waals surface area (Å²) in [6.45, 7) is 1.05. The highest BCUT2D eigenvalue weighted by atomic mass is 16.5. The second-order valence-electron chi connectivity index (χ2n) is 6.68. The highest BCUT2D eigenvalue weighted by Gasteiger charge is 2.48. The number of nitrogens with one attached hydrogen (secondary N) is 1. The van der Waals surface area contributed by atoms with Crippen LogP contribution in [0.1, 0.15) is 51.4 Å². The predicted molar refractivity (Wildman–Crippen MR) is 74.7 cm³/mol. The SMILES string of the molecule is N#CC1(C(=O)N[C@@H]2C[C@H]2C2CCCCC2)CCOCC1. The highest BCUT2D eigenvalue weighted by molar-refractivity contribution is 5.86. The molecular weight excluding hydrogens is 252 g/mol. The van der Waals surface area contributed by atoms with Gasteiger partial charge in [-0.05, 0) is 31.1 Å². The number of hydrogen-bond acceptors (Lipinski definition) is 3. The average Bonchev–Trinajstić information content (AvgIpc) is 3.28. The monoisotopic (exact) mass is 276 g/mol. The van der Waals surface area contributed by atoms with E-state index in [1.165, 1.54) is 32.1 Å². The van der Waals surface area contributed by atoms with Gasteiger partial charge in [0.2, 0.25) is 5.91 Å². The minimum absolute atomic E-state index is 0.0494. The van der Waals surface area contributed by atoms with Crippen molar-refractivity contribution in [2.45, 2.75) is 57.4 Å². The number of carbonyl (C=O) groups is 1. The Kier molecular flexibility index (Phi) is 3.98. The molecule has 1 saturated heterocycles. The molecule has 2 saturated carbocycles. The lowest BCUT2D eigenvalue weighted by Gasteiger charge is -2.29. The van der Waals surface area contributed by atoms with Crippen molar-refractivity contribution in [2.24, 2.45) is 17.3 Å². The fraction of sp³-hybridized carbons (Fsp3) is 0.875. The number of hydrogen-bond donors (Lipinski definition) is 1. The smallest absolute Gasteiger partial charge is 0.240 e. The predicted octanol–water partition coefficient (Wildman–Crippen LogP) is 2.39. The fourth-order valence-corrected chi connectivity index (χ4v) is 3.88. The molecule has 2 atom stereocenters. The maximum atomic E-state index is 12.4. The van der Waals surface area contributed by atoms with Gasteiger partial charge in [0.1, 0.15) is 5.41 Å². The second-order valence-corrected chi connectivity index (χ2v) is 6.68. The highest BCUT2D eigenvalue weighted by Crippen LogP contribution is 2.45. The van der Waals surface area contributed by atoms with E-state index in [1.54, 1.807) is 0 Å². The van der Waals surface area contributed by atoms with Gasteiger partial charge < -0.3 is 10.1 Å². The summed E-state index contributed by atoms with van der Waals surface area (Å²) in [4.78, 5) is 12.4. The van der Waals surface area contributed by atoms with Crippen LogP contribution >= 0.6 is 0 Å². The molecule has 2 aliphatic carbocycles. The summed E-state index contributed by atoms with van der Waals surface area (Å²) in [5, 5.41) is 12.5. The molecule has 1 N–H and O–H groups in total. The van der Waals surface area contributed by atoms with E-state index in [1.807, 2.05) is 0 Å². The van der Waals surface area contributed by atoms with Crippen molar-refractivity contribution in [2.75, 3.05) is 13.2 Å². The van der Waals surface area contributed by atoms with Gasteiger partial charge in [-0.2, -0.15) is 5.26 Å². The Balaban J connectivity index is 1.53. The first kappa shape index (κ1) is 13.9. The molecule has 3 aliphatic rings. The molecule has 110 valence electrons. The van der Waals surface area contributed by atoms with Crippen LogP contribution in [0.5, 0.6) is 0 Å². The van der Waals surface area contributed by atoms with Crippen LogP contribution < -0.4 is 5.32 Å². The Morgan fingerprint density at radius 3 is 2.55 bits per heavy atom. The molecule has 0 aromatic carbocycles. The Labute approximate surface area is 120 Å². The van der Waals surface area contributed by atoms with E-state index in [4.69, 9.17) is 4.74 Å². The van der Waals surface area contributed by atoms with E-state index >= 15 is 0 Å². The summed E-state index contributed by atoms with van der Waals surface area (Å²) in [6.07, 6.45) is 8.92. The number of carbonyl (C=O) groups excluding carboxylic acids is 1. The van der Waals surface area contributed by atoms with E-state index in [-0.39, 0.29) is 5.91 Å². The normalized spacial score (nSPS) is 33.1. The van der Waals surface area contributed by atoms with Gasteiger partial charge in [-0.25, -0.2) is 0 Å². The Bertz CT molecular complexity index is 403. The Morgan fingerprint density at radius 2 is 1.90 bits per heavy atom. The van der Waals surface area contributed by atoms with Crippen molar-refractivity contribution >= 4 is 5.91 Å². The molecule has 0 bridgehead atoms. The number of nitriles is 1. The van der Waals surface area contributed by atoms with E-state index < -0.39 is 5.41 Å². The van der Waals surface area contributed by atoms with Crippen LogP contribution in [0.2, 0.25) is 0 Å². The molecule has 4 nitrogen and oxygen atoms in total. The van der Waals surface area contributed by atoms with Gasteiger partial charge in [0.25, 0.3) is 0 Å². The number of ether oxygens (including phenoxy) is 1. The van der Waals surface area contributed by atoms with Gasteiger partial charge in [-0.1, -0.05) is 32.1 Å². The van der Waals surface area contributed by atoms with E-state index in [9.17, 15) is 10.1 Å². The zero-order valence-corrected chi connectivity index (χ0v) is 12.1. The Morgan fingerprint density at radius 1 is 1.20 bits per heavy atom. The third-order valence-corrected chi connectivity index (χ3v) is 5.41. The van der Waals surface area contributed by atoms with Crippen LogP contribution in [0.4, 0.5) is 0 Å². The van der Waals surface area contributed by atoms with Crippen LogP contribution in [0.15, 0.2) is 0 Å². The summed E-state index contributed by atoms with van der Waals surface area (Å²) >= 11 is 0. The van der Waals surface area contributed by atoms with Gasteiger partial charge in [0.15, 0.2) is 0 Å². The molecule has 4 heteroatoms. The molecule has 3 fully saturated rings. The minimum atomic E-state index is -0.835. The van der Waals surface area contributed by atoms with Gasteiger partial charge in [-0.3, -0.25) is 4.79 Å². The molecule has 0 unspecified atom stereocenters. The number of nitrogens with zero attached hydrogens (tertiary/aromatic N) is 1. The third kappa shape index (κ3) is 2.69. The van der Waals surface area contributed by atoms with Crippen LogP contribution in [0.25, 0.3) is 0 Å². The van der Waals surface area contributed by atoms with Crippen molar-refractivity contribution < 1.29 is 9.53 Å². The summed E-state index contributed by atoms with van der Waals surface area (Å²) < 4.78 is 5.28. The van der Waals surface area contributed by atoms with Crippen LogP contribution in [0, 0.1) is 28.6 Å². The standard InChI is InChI=1S/C16H24N2O2/c17-11-16(6-8-20-9-7-16)15(19)18-14-10-13(14)12-4-2-1-3-5-12/h12-14H,1-10H2,(H,18,19)/t13-,14+/m0/s1. The summed E-state index contributed by atoms with van der Waals surface area (Å²) in [5.74, 6) is 1.43. The van der Waals surface area contributed by atoms with Crippen LogP contribution in [-0.4, -0.2) is 25.2 Å². The van der Waals surface area contributed by atoms with Crippen molar-refractivity contribution in [3.05, 3.63) is 0 Å². The number of amides is 1. The molecule has 1 heterocycles. The van der Waals surface area contributed by atoms with E-state index in [2.05, 4.69) is 11.4 Å². The van der Waals surface area contributed by atoms with Crippen LogP contribution in [-0.2, 0) is 9.53 Å². The lowest BCUT2D eigenvalue weighted by atomic mass is 9.80. The molecule has 0 aromatic heterocycles. The molecule has 0 radical (unpaired) electrons. The molecule has 20 heavy (non-hydrogen) atoms. The maximum absolute atomic E-state index is 12.4. The lowest BCUT2D eigenvalue weighted by Crippen LogP contribution is -2.45. The first-order valence-electron chi connectivity index (χ1n) is 8.05. The van der Waals surface area contributed by atoms with Crippen molar-refractivity contribution in [1.82, 2.24) is 5.32 Å². The average molecular weight is 276 g/mol.